The molecule has 0 spiro atoms. The van der Waals surface area contributed by atoms with E-state index >= 15 is 0 Å². The molecule has 1 N–H and O–H groups in total. The van der Waals surface area contributed by atoms with E-state index in [-0.39, 0.29) is 5.91 Å². The number of thioether (sulfide) groups is 1. The van der Waals surface area contributed by atoms with Crippen LogP contribution >= 0.6 is 11.8 Å². The molecule has 2 heterocycles. The van der Waals surface area contributed by atoms with Crippen LogP contribution in [0.3, 0.4) is 0 Å². The molecule has 0 saturated carbocycles. The number of likely N-dealkylation sites (tertiary alicyclic amines) is 1. The fourth-order valence-corrected chi connectivity index (χ4v) is 3.74. The van der Waals surface area contributed by atoms with Gasteiger partial charge < -0.3 is 14.6 Å². The van der Waals surface area contributed by atoms with Crippen molar-refractivity contribution in [3.63, 3.8) is 0 Å². The number of amides is 1. The highest BCUT2D eigenvalue weighted by molar-refractivity contribution is 7.99. The molecule has 1 aliphatic rings. The number of oxazole rings is 1. The van der Waals surface area contributed by atoms with Gasteiger partial charge in [0.05, 0.1) is 11.4 Å². The normalized spacial score (nSPS) is 17.4. The Morgan fingerprint density at radius 3 is 3.04 bits per heavy atom. The smallest absolute Gasteiger partial charge is 0.232 e. The van der Waals surface area contributed by atoms with Crippen LogP contribution in [0.25, 0.3) is 11.5 Å². The minimum atomic E-state index is 0.227. The van der Waals surface area contributed by atoms with Gasteiger partial charge in [-0.25, -0.2) is 4.98 Å². The molecule has 2 aromatic rings. The molecule has 1 aromatic carbocycles. The maximum absolute atomic E-state index is 12.3. The monoisotopic (exact) mass is 345 g/mol. The first kappa shape index (κ1) is 17.0. The zero-order valence-corrected chi connectivity index (χ0v) is 14.7. The molecule has 24 heavy (non-hydrogen) atoms. The molecule has 1 unspecified atom stereocenters. The number of benzene rings is 1. The van der Waals surface area contributed by atoms with E-state index in [1.165, 1.54) is 0 Å². The highest BCUT2D eigenvalue weighted by Crippen LogP contribution is 2.21. The van der Waals surface area contributed by atoms with Crippen LogP contribution in [0.2, 0.25) is 0 Å². The Morgan fingerprint density at radius 2 is 2.25 bits per heavy atom. The molecule has 1 aromatic heterocycles. The second-order valence-electron chi connectivity index (χ2n) is 6.05. The topological polar surface area (TPSA) is 58.4 Å². The molecule has 1 atom stereocenters. The highest BCUT2D eigenvalue weighted by Gasteiger charge is 2.25. The van der Waals surface area contributed by atoms with E-state index in [2.05, 4.69) is 10.3 Å². The Kier molecular flexibility index (Phi) is 5.93. The van der Waals surface area contributed by atoms with E-state index in [1.807, 2.05) is 42.3 Å². The lowest BCUT2D eigenvalue weighted by molar-refractivity contribution is -0.127. The number of carbonyl (C=O) groups is 1. The van der Waals surface area contributed by atoms with Crippen LogP contribution in [0.1, 0.15) is 12.1 Å². The maximum atomic E-state index is 12.3. The van der Waals surface area contributed by atoms with Crippen molar-refractivity contribution in [2.75, 3.05) is 32.4 Å². The number of hydrogen-bond donors (Lipinski definition) is 1. The van der Waals surface area contributed by atoms with Gasteiger partial charge in [-0.15, -0.1) is 11.8 Å². The number of nitrogens with one attached hydrogen (secondary N) is 1. The molecule has 1 saturated heterocycles. The Balaban J connectivity index is 1.44. The molecule has 5 nitrogen and oxygen atoms in total. The van der Waals surface area contributed by atoms with Crippen molar-refractivity contribution in [1.29, 1.82) is 0 Å². The van der Waals surface area contributed by atoms with Crippen LogP contribution < -0.4 is 5.32 Å². The molecular weight excluding hydrogens is 322 g/mol. The van der Waals surface area contributed by atoms with Crippen LogP contribution in [-0.4, -0.2) is 48.2 Å². The summed E-state index contributed by atoms with van der Waals surface area (Å²) >= 11 is 1.60. The molecule has 6 heteroatoms. The molecule has 1 aliphatic heterocycles. The van der Waals surface area contributed by atoms with Crippen molar-refractivity contribution in [3.05, 3.63) is 42.3 Å². The predicted octanol–water partition coefficient (Wildman–Crippen LogP) is 2.64. The predicted molar refractivity (Wildman–Crippen MR) is 96.7 cm³/mol. The average Bonchev–Trinajstić information content (AvgIpc) is 3.26. The lowest BCUT2D eigenvalue weighted by Crippen LogP contribution is -2.31. The van der Waals surface area contributed by atoms with Gasteiger partial charge in [0.2, 0.25) is 11.8 Å². The summed E-state index contributed by atoms with van der Waals surface area (Å²) < 4.78 is 5.52. The average molecular weight is 345 g/mol. The van der Waals surface area contributed by atoms with E-state index in [1.54, 1.807) is 18.0 Å². The lowest BCUT2D eigenvalue weighted by Gasteiger charge is -2.16. The summed E-state index contributed by atoms with van der Waals surface area (Å²) in [5.41, 5.74) is 1.85. The van der Waals surface area contributed by atoms with Crippen molar-refractivity contribution >= 4 is 17.7 Å². The van der Waals surface area contributed by atoms with Gasteiger partial charge in [0.25, 0.3) is 0 Å². The number of hydrogen-bond acceptors (Lipinski definition) is 5. The van der Waals surface area contributed by atoms with E-state index in [4.69, 9.17) is 4.42 Å². The Bertz CT molecular complexity index is 659. The summed E-state index contributed by atoms with van der Waals surface area (Å²) in [7, 11) is 1.96. The summed E-state index contributed by atoms with van der Waals surface area (Å²) in [6.45, 7) is 2.74. The second-order valence-corrected chi connectivity index (χ2v) is 7.04. The zero-order chi connectivity index (χ0) is 16.8. The minimum absolute atomic E-state index is 0.227. The first-order valence-corrected chi connectivity index (χ1v) is 9.41. The largest absolute Gasteiger partial charge is 0.444 e. The molecular formula is C18H23N3O2S. The number of rotatable bonds is 7. The third-order valence-corrected chi connectivity index (χ3v) is 5.13. The molecule has 3 rings (SSSR count). The quantitative estimate of drug-likeness (QED) is 0.836. The zero-order valence-electron chi connectivity index (χ0n) is 13.9. The lowest BCUT2D eigenvalue weighted by atomic mass is 10.1. The van der Waals surface area contributed by atoms with Gasteiger partial charge in [0.15, 0.2) is 0 Å². The van der Waals surface area contributed by atoms with Crippen LogP contribution in [-0.2, 0) is 10.5 Å². The summed E-state index contributed by atoms with van der Waals surface area (Å²) in [6.07, 6.45) is 2.78. The molecule has 128 valence electrons. The van der Waals surface area contributed by atoms with Crippen molar-refractivity contribution < 1.29 is 9.21 Å². The summed E-state index contributed by atoms with van der Waals surface area (Å²) in [5, 5.41) is 3.19. The van der Waals surface area contributed by atoms with Gasteiger partial charge in [-0.05, 0) is 38.1 Å². The van der Waals surface area contributed by atoms with Gasteiger partial charge in [-0.2, -0.15) is 0 Å². The molecule has 1 fully saturated rings. The number of aromatic nitrogens is 1. The minimum Gasteiger partial charge on any atom is -0.444 e. The van der Waals surface area contributed by atoms with E-state index in [0.29, 0.717) is 23.3 Å². The van der Waals surface area contributed by atoms with Gasteiger partial charge in [0, 0.05) is 24.4 Å². The van der Waals surface area contributed by atoms with E-state index < -0.39 is 0 Å². The third-order valence-electron chi connectivity index (χ3n) is 4.18. The fraction of sp³-hybridized carbons (Fsp3) is 0.444. The fourth-order valence-electron chi connectivity index (χ4n) is 2.94. The highest BCUT2D eigenvalue weighted by atomic mass is 32.2. The summed E-state index contributed by atoms with van der Waals surface area (Å²) in [5.74, 6) is 2.64. The van der Waals surface area contributed by atoms with Crippen molar-refractivity contribution in [2.24, 2.45) is 5.92 Å². The van der Waals surface area contributed by atoms with Crippen molar-refractivity contribution in [3.8, 4) is 11.5 Å². The van der Waals surface area contributed by atoms with Crippen LogP contribution in [0.15, 0.2) is 41.0 Å². The third kappa shape index (κ3) is 4.39. The van der Waals surface area contributed by atoms with Gasteiger partial charge in [-0.3, -0.25) is 4.79 Å². The SMILES string of the molecule is CNCC1CCN(C(=O)CSCc2coc(-c3ccccc3)n2)C1. The van der Waals surface area contributed by atoms with Crippen molar-refractivity contribution in [1.82, 2.24) is 15.2 Å². The van der Waals surface area contributed by atoms with Gasteiger partial charge in [0.1, 0.15) is 6.26 Å². The number of carbonyl (C=O) groups excluding carboxylic acids is 1. The van der Waals surface area contributed by atoms with E-state index in [9.17, 15) is 4.79 Å². The first-order valence-electron chi connectivity index (χ1n) is 8.26. The van der Waals surface area contributed by atoms with E-state index in [0.717, 1.165) is 37.3 Å². The van der Waals surface area contributed by atoms with Crippen LogP contribution in [0.5, 0.6) is 0 Å². The Labute approximate surface area is 146 Å². The first-order chi connectivity index (χ1) is 11.8. The maximum Gasteiger partial charge on any atom is 0.232 e. The van der Waals surface area contributed by atoms with Crippen LogP contribution in [0, 0.1) is 5.92 Å². The molecule has 1 amide bonds. The van der Waals surface area contributed by atoms with Crippen molar-refractivity contribution in [2.45, 2.75) is 12.2 Å². The Hall–Kier alpha value is -1.79. The second kappa shape index (κ2) is 8.35. The van der Waals surface area contributed by atoms with Gasteiger partial charge in [-0.1, -0.05) is 18.2 Å². The van der Waals surface area contributed by atoms with Crippen LogP contribution in [0.4, 0.5) is 0 Å². The molecule has 0 bridgehead atoms. The van der Waals surface area contributed by atoms with Gasteiger partial charge >= 0.3 is 0 Å². The molecule has 0 aliphatic carbocycles. The molecule has 0 radical (unpaired) electrons. The summed E-state index contributed by atoms with van der Waals surface area (Å²) in [4.78, 5) is 18.7. The standard InChI is InChI=1S/C18H23N3O2S/c1-19-9-14-7-8-21(10-14)17(22)13-24-12-16-11-23-18(20-16)15-5-3-2-4-6-15/h2-6,11,14,19H,7-10,12-13H2,1H3. The Morgan fingerprint density at radius 1 is 1.42 bits per heavy atom. The number of nitrogens with zero attached hydrogens (tertiary/aromatic N) is 2. The summed E-state index contributed by atoms with van der Waals surface area (Å²) in [6, 6.07) is 9.84.